The molecule has 0 radical (unpaired) electrons. The normalized spacial score (nSPS) is 11.5. The lowest BCUT2D eigenvalue weighted by molar-refractivity contribution is 0.266. The highest BCUT2D eigenvalue weighted by Gasteiger charge is 2.24. The van der Waals surface area contributed by atoms with E-state index in [4.69, 9.17) is 14.0 Å². The van der Waals surface area contributed by atoms with Gasteiger partial charge in [0.05, 0.1) is 22.9 Å². The number of aryl methyl sites for hydroxylation is 4. The summed E-state index contributed by atoms with van der Waals surface area (Å²) < 4.78 is 47.0. The van der Waals surface area contributed by atoms with E-state index in [1.54, 1.807) is 26.0 Å². The molecule has 0 unspecified atom stereocenters. The largest absolute Gasteiger partial charge is 0.488 e. The number of hydrogen-bond donors (Lipinski definition) is 1. The molecule has 0 fully saturated rings. The van der Waals surface area contributed by atoms with Gasteiger partial charge in [-0.1, -0.05) is 68.2 Å². The van der Waals surface area contributed by atoms with Gasteiger partial charge in [-0.3, -0.25) is 4.98 Å². The Bertz CT molecular complexity index is 1610. The first-order chi connectivity index (χ1) is 19.7. The van der Waals surface area contributed by atoms with Crippen LogP contribution < -0.4 is 14.2 Å². The topological polar surface area (TPSA) is 104 Å². The van der Waals surface area contributed by atoms with Crippen LogP contribution in [0.4, 0.5) is 5.88 Å². The van der Waals surface area contributed by atoms with E-state index in [1.807, 2.05) is 44.2 Å². The van der Waals surface area contributed by atoms with E-state index in [-0.39, 0.29) is 10.8 Å². The van der Waals surface area contributed by atoms with Gasteiger partial charge in [-0.15, -0.1) is 0 Å². The monoisotopic (exact) mass is 577 g/mol. The summed E-state index contributed by atoms with van der Waals surface area (Å²) in [7, 11) is -3.94. The van der Waals surface area contributed by atoms with Gasteiger partial charge in [0.15, 0.2) is 11.5 Å². The maximum atomic E-state index is 13.5. The number of pyridine rings is 1. The van der Waals surface area contributed by atoms with Gasteiger partial charge in [-0.05, 0) is 63.3 Å². The summed E-state index contributed by atoms with van der Waals surface area (Å²) in [5.74, 6) is 1.48. The molecule has 4 aromatic rings. The van der Waals surface area contributed by atoms with Crippen LogP contribution in [-0.2, 0) is 29.5 Å². The Morgan fingerprint density at radius 1 is 0.878 bits per heavy atom. The quantitative estimate of drug-likeness (QED) is 0.177. The first-order valence-electron chi connectivity index (χ1n) is 14.1. The number of sulfonamides is 1. The average molecular weight is 578 g/mol. The van der Waals surface area contributed by atoms with Gasteiger partial charge in [0.2, 0.25) is 5.88 Å². The fraction of sp³-hybridized carbons (Fsp3) is 0.375. The Morgan fingerprint density at radius 3 is 2.32 bits per heavy atom. The van der Waals surface area contributed by atoms with Crippen LogP contribution in [0.3, 0.4) is 0 Å². The summed E-state index contributed by atoms with van der Waals surface area (Å²) in [6.45, 7) is 12.5. The molecule has 0 saturated carbocycles. The van der Waals surface area contributed by atoms with Crippen molar-refractivity contribution in [2.75, 3.05) is 11.3 Å². The molecule has 0 amide bonds. The van der Waals surface area contributed by atoms with Gasteiger partial charge in [0, 0.05) is 22.9 Å². The van der Waals surface area contributed by atoms with Crippen molar-refractivity contribution in [3.8, 4) is 22.6 Å². The molecule has 1 N–H and O–H groups in total. The van der Waals surface area contributed by atoms with Gasteiger partial charge in [0.25, 0.3) is 10.0 Å². The third-order valence-electron chi connectivity index (χ3n) is 6.89. The number of ether oxygens (including phenoxy) is 2. The summed E-state index contributed by atoms with van der Waals surface area (Å²) in [6, 6.07) is 15.0. The van der Waals surface area contributed by atoms with Gasteiger partial charge in [-0.25, -0.2) is 13.1 Å². The second-order valence-electron chi connectivity index (χ2n) is 10.1. The lowest BCUT2D eigenvalue weighted by atomic mass is 9.95. The predicted molar refractivity (Wildman–Crippen MR) is 161 cm³/mol. The molecule has 4 rings (SSSR count). The van der Waals surface area contributed by atoms with Crippen molar-refractivity contribution >= 4 is 15.9 Å². The van der Waals surface area contributed by atoms with Crippen molar-refractivity contribution in [1.29, 1.82) is 0 Å². The molecule has 2 aromatic heterocycles. The zero-order valence-corrected chi connectivity index (χ0v) is 25.5. The van der Waals surface area contributed by atoms with Crippen molar-refractivity contribution < 1.29 is 22.4 Å². The van der Waals surface area contributed by atoms with Crippen LogP contribution in [0.2, 0.25) is 0 Å². The number of hydrogen-bond acceptors (Lipinski definition) is 7. The number of nitrogens with one attached hydrogen (secondary N) is 1. The number of nitrogens with zero attached hydrogens (tertiary/aromatic N) is 2. The minimum absolute atomic E-state index is 0.124. The standard InChI is InChI=1S/C32H39N3O5S/c1-7-12-25-18-24(20-39-29-19-26(13-8-2)33-23(6)31(29)38-9-3)16-17-27(25)28-14-10-11-15-30(28)41(36,37)35-32-21(4)22(5)34-40-32/h10-11,14-19,35H,7-9,12-13,20H2,1-6H3. The maximum absolute atomic E-state index is 13.5. The van der Waals surface area contributed by atoms with Crippen LogP contribution in [0.5, 0.6) is 11.5 Å². The van der Waals surface area contributed by atoms with Crippen LogP contribution in [0.15, 0.2) is 57.9 Å². The van der Waals surface area contributed by atoms with Crippen LogP contribution in [0.25, 0.3) is 11.1 Å². The summed E-state index contributed by atoms with van der Waals surface area (Å²) in [6.07, 6.45) is 3.54. The van der Waals surface area contributed by atoms with Crippen LogP contribution >= 0.6 is 0 Å². The first-order valence-corrected chi connectivity index (χ1v) is 15.6. The van der Waals surface area contributed by atoms with E-state index < -0.39 is 10.0 Å². The fourth-order valence-electron chi connectivity index (χ4n) is 4.75. The third-order valence-corrected chi connectivity index (χ3v) is 8.28. The van der Waals surface area contributed by atoms with Crippen molar-refractivity contribution in [2.24, 2.45) is 0 Å². The molecule has 218 valence electrons. The van der Waals surface area contributed by atoms with Crippen molar-refractivity contribution in [3.05, 3.63) is 82.3 Å². The summed E-state index contributed by atoms with van der Waals surface area (Å²) in [4.78, 5) is 4.85. The minimum atomic E-state index is -3.94. The molecule has 2 aromatic carbocycles. The highest BCUT2D eigenvalue weighted by molar-refractivity contribution is 7.92. The SMILES string of the molecule is CCCc1cc(OCc2ccc(-c3ccccc3S(=O)(=O)Nc3onc(C)c3C)c(CCC)c2)c(OCC)c(C)n1. The number of rotatable bonds is 13. The van der Waals surface area contributed by atoms with Crippen LogP contribution in [-0.4, -0.2) is 25.2 Å². The summed E-state index contributed by atoms with van der Waals surface area (Å²) >= 11 is 0. The lowest BCUT2D eigenvalue weighted by Crippen LogP contribution is -2.14. The van der Waals surface area contributed by atoms with E-state index in [9.17, 15) is 8.42 Å². The molecular weight excluding hydrogens is 538 g/mol. The molecule has 0 atom stereocenters. The minimum Gasteiger partial charge on any atom is -0.488 e. The predicted octanol–water partition coefficient (Wildman–Crippen LogP) is 7.35. The molecule has 0 aliphatic carbocycles. The van der Waals surface area contributed by atoms with Crippen LogP contribution in [0, 0.1) is 20.8 Å². The molecular formula is C32H39N3O5S. The Labute approximate surface area is 243 Å². The molecule has 2 heterocycles. The van der Waals surface area contributed by atoms with E-state index >= 15 is 0 Å². The average Bonchev–Trinajstić information content (AvgIpc) is 3.25. The Kier molecular flexibility index (Phi) is 9.70. The molecule has 9 heteroatoms. The highest BCUT2D eigenvalue weighted by atomic mass is 32.2. The van der Waals surface area contributed by atoms with E-state index in [0.717, 1.165) is 53.8 Å². The molecule has 0 bridgehead atoms. The Hall–Kier alpha value is -3.85. The number of aromatic nitrogens is 2. The summed E-state index contributed by atoms with van der Waals surface area (Å²) in [5, 5.41) is 3.87. The van der Waals surface area contributed by atoms with E-state index in [2.05, 4.69) is 34.8 Å². The van der Waals surface area contributed by atoms with Crippen molar-refractivity contribution in [3.63, 3.8) is 0 Å². The second-order valence-corrected chi connectivity index (χ2v) is 11.7. The lowest BCUT2D eigenvalue weighted by Gasteiger charge is -2.17. The molecule has 8 nitrogen and oxygen atoms in total. The van der Waals surface area contributed by atoms with E-state index in [0.29, 0.717) is 41.5 Å². The molecule has 0 aliphatic rings. The van der Waals surface area contributed by atoms with E-state index in [1.165, 1.54) is 0 Å². The molecule has 41 heavy (non-hydrogen) atoms. The van der Waals surface area contributed by atoms with Crippen LogP contribution in [0.1, 0.15) is 67.4 Å². The zero-order chi connectivity index (χ0) is 29.6. The molecule has 0 spiro atoms. The molecule has 0 saturated heterocycles. The van der Waals surface area contributed by atoms with Gasteiger partial charge < -0.3 is 14.0 Å². The Balaban J connectivity index is 1.66. The van der Waals surface area contributed by atoms with Crippen molar-refractivity contribution in [2.45, 2.75) is 78.7 Å². The smallest absolute Gasteiger partial charge is 0.264 e. The molecule has 0 aliphatic heterocycles. The fourth-order valence-corrected chi connectivity index (χ4v) is 6.02. The zero-order valence-electron chi connectivity index (χ0n) is 24.7. The van der Waals surface area contributed by atoms with Gasteiger partial charge >= 0.3 is 0 Å². The first kappa shape index (κ1) is 30.1. The van der Waals surface area contributed by atoms with Gasteiger partial charge in [0.1, 0.15) is 6.61 Å². The van der Waals surface area contributed by atoms with Gasteiger partial charge in [-0.2, -0.15) is 0 Å². The second kappa shape index (κ2) is 13.2. The maximum Gasteiger partial charge on any atom is 0.264 e. The number of benzene rings is 2. The third kappa shape index (κ3) is 6.90. The number of anilines is 1. The van der Waals surface area contributed by atoms with Crippen molar-refractivity contribution in [1.82, 2.24) is 10.1 Å². The summed E-state index contributed by atoms with van der Waals surface area (Å²) in [5.41, 5.74) is 6.60. The Morgan fingerprint density at radius 2 is 1.63 bits per heavy atom. The highest BCUT2D eigenvalue weighted by Crippen LogP contribution is 2.35.